The van der Waals surface area contributed by atoms with Crippen molar-refractivity contribution in [1.82, 2.24) is 24.3 Å². The maximum absolute atomic E-state index is 13.1. The Balaban J connectivity index is 1.35. The van der Waals surface area contributed by atoms with Crippen LogP contribution in [0.1, 0.15) is 30.2 Å². The lowest BCUT2D eigenvalue weighted by Crippen LogP contribution is -2.49. The van der Waals surface area contributed by atoms with Gasteiger partial charge in [-0.2, -0.15) is 4.31 Å². The van der Waals surface area contributed by atoms with E-state index >= 15 is 0 Å². The molecule has 4 aromatic rings. The number of hydrogen-bond acceptors (Lipinski definition) is 8. The third kappa shape index (κ3) is 3.88. The summed E-state index contributed by atoms with van der Waals surface area (Å²) in [5.41, 5.74) is 2.07. The molecule has 4 heterocycles. The topological polar surface area (TPSA) is 112 Å². The number of aryl methyl sites for hydroxylation is 2. The van der Waals surface area contributed by atoms with Gasteiger partial charge in [0, 0.05) is 37.1 Å². The van der Waals surface area contributed by atoms with Gasteiger partial charge in [-0.25, -0.2) is 13.4 Å². The Morgan fingerprint density at radius 1 is 1.12 bits per heavy atom. The summed E-state index contributed by atoms with van der Waals surface area (Å²) in [5.74, 6) is 0.884. The summed E-state index contributed by atoms with van der Waals surface area (Å²) in [7, 11) is -3.67. The maximum Gasteiger partial charge on any atom is 0.260 e. The molecule has 1 aliphatic rings. The number of nitrogens with one attached hydrogen (secondary N) is 1. The van der Waals surface area contributed by atoms with Gasteiger partial charge in [0.2, 0.25) is 10.0 Å². The van der Waals surface area contributed by atoms with Crippen LogP contribution in [0.2, 0.25) is 0 Å². The van der Waals surface area contributed by atoms with Crippen LogP contribution in [0.15, 0.2) is 49.9 Å². The second kappa shape index (κ2) is 8.73. The molecule has 0 unspecified atom stereocenters. The van der Waals surface area contributed by atoms with Crippen LogP contribution in [-0.4, -0.2) is 58.9 Å². The zero-order chi connectivity index (χ0) is 24.0. The summed E-state index contributed by atoms with van der Waals surface area (Å²) in [5, 5.41) is 6.35. The van der Waals surface area contributed by atoms with E-state index in [4.69, 9.17) is 9.51 Å². The predicted octanol–water partition coefficient (Wildman–Crippen LogP) is 3.32. The second-order valence-corrected chi connectivity index (χ2v) is 11.1. The van der Waals surface area contributed by atoms with Gasteiger partial charge in [-0.05, 0) is 26.3 Å². The van der Waals surface area contributed by atoms with Gasteiger partial charge in [-0.15, -0.1) is 11.3 Å². The highest BCUT2D eigenvalue weighted by molar-refractivity contribution is 7.89. The highest BCUT2D eigenvalue weighted by atomic mass is 32.2. The number of benzene rings is 1. The smallest absolute Gasteiger partial charge is 0.260 e. The summed E-state index contributed by atoms with van der Waals surface area (Å²) in [4.78, 5) is 23.7. The van der Waals surface area contributed by atoms with Crippen LogP contribution >= 0.6 is 11.3 Å². The SMILES string of the molecule is Cc1noc(C)c1S(=O)(=O)N1CCN([C@@H](C)c2nc3scc(-c4ccccc4)c3c(=O)[nH]2)CC1. The monoisotopic (exact) mass is 499 g/mol. The van der Waals surface area contributed by atoms with Gasteiger partial charge in [0.15, 0.2) is 5.76 Å². The van der Waals surface area contributed by atoms with E-state index in [0.29, 0.717) is 53.7 Å². The quantitative estimate of drug-likeness (QED) is 0.448. The lowest BCUT2D eigenvalue weighted by molar-refractivity contribution is 0.141. The first-order valence-electron chi connectivity index (χ1n) is 11.0. The van der Waals surface area contributed by atoms with Gasteiger partial charge in [0.1, 0.15) is 21.2 Å². The van der Waals surface area contributed by atoms with Crippen molar-refractivity contribution in [3.8, 4) is 11.1 Å². The summed E-state index contributed by atoms with van der Waals surface area (Å²) in [6, 6.07) is 9.63. The molecular weight excluding hydrogens is 474 g/mol. The Labute approximate surface area is 201 Å². The van der Waals surface area contributed by atoms with Crippen molar-refractivity contribution in [2.24, 2.45) is 0 Å². The average molecular weight is 500 g/mol. The van der Waals surface area contributed by atoms with Crippen molar-refractivity contribution in [2.45, 2.75) is 31.7 Å². The van der Waals surface area contributed by atoms with E-state index in [1.807, 2.05) is 42.6 Å². The molecule has 3 aromatic heterocycles. The van der Waals surface area contributed by atoms with E-state index in [-0.39, 0.29) is 16.5 Å². The van der Waals surface area contributed by atoms with Crippen LogP contribution in [-0.2, 0) is 10.0 Å². The molecule has 1 atom stereocenters. The molecule has 0 radical (unpaired) electrons. The third-order valence-corrected chi connectivity index (χ3v) is 9.35. The number of piperazine rings is 1. The molecule has 0 bridgehead atoms. The van der Waals surface area contributed by atoms with E-state index in [2.05, 4.69) is 15.0 Å². The van der Waals surface area contributed by atoms with Crippen LogP contribution in [0, 0.1) is 13.8 Å². The van der Waals surface area contributed by atoms with Crippen molar-refractivity contribution >= 4 is 31.6 Å². The van der Waals surface area contributed by atoms with Crippen LogP contribution in [0.25, 0.3) is 21.3 Å². The fraction of sp³-hybridized carbons (Fsp3) is 0.348. The fourth-order valence-electron chi connectivity index (χ4n) is 4.47. The largest absolute Gasteiger partial charge is 0.360 e. The van der Waals surface area contributed by atoms with Gasteiger partial charge in [0.25, 0.3) is 5.56 Å². The van der Waals surface area contributed by atoms with Crippen molar-refractivity contribution < 1.29 is 12.9 Å². The molecule has 0 spiro atoms. The highest BCUT2D eigenvalue weighted by Crippen LogP contribution is 2.32. The number of rotatable bonds is 5. The summed E-state index contributed by atoms with van der Waals surface area (Å²) in [6.07, 6.45) is 0. The number of H-pyrrole nitrogens is 1. The Hall–Kier alpha value is -2.86. The molecule has 1 aliphatic heterocycles. The molecule has 178 valence electrons. The molecule has 11 heteroatoms. The minimum atomic E-state index is -3.67. The average Bonchev–Trinajstić information content (AvgIpc) is 3.42. The predicted molar refractivity (Wildman–Crippen MR) is 130 cm³/mol. The van der Waals surface area contributed by atoms with Crippen molar-refractivity contribution in [3.05, 3.63) is 63.3 Å². The molecule has 1 aromatic carbocycles. The van der Waals surface area contributed by atoms with Crippen LogP contribution in [0.3, 0.4) is 0 Å². The number of aromatic nitrogens is 3. The number of hydrogen-bond donors (Lipinski definition) is 1. The molecule has 5 rings (SSSR count). The van der Waals surface area contributed by atoms with Crippen molar-refractivity contribution in [1.29, 1.82) is 0 Å². The van der Waals surface area contributed by atoms with Crippen molar-refractivity contribution in [3.63, 3.8) is 0 Å². The number of aromatic amines is 1. The van der Waals surface area contributed by atoms with Gasteiger partial charge in [-0.1, -0.05) is 35.5 Å². The van der Waals surface area contributed by atoms with Gasteiger partial charge >= 0.3 is 0 Å². The number of fused-ring (bicyclic) bond motifs is 1. The number of nitrogens with zero attached hydrogens (tertiary/aromatic N) is 4. The Morgan fingerprint density at radius 3 is 2.47 bits per heavy atom. The van der Waals surface area contributed by atoms with Gasteiger partial charge in [0.05, 0.1) is 11.4 Å². The molecule has 1 saturated heterocycles. The van der Waals surface area contributed by atoms with Crippen LogP contribution < -0.4 is 5.56 Å². The maximum atomic E-state index is 13.1. The van der Waals surface area contributed by atoms with Gasteiger partial charge in [-0.3, -0.25) is 9.69 Å². The zero-order valence-electron chi connectivity index (χ0n) is 19.1. The van der Waals surface area contributed by atoms with Crippen LogP contribution in [0.4, 0.5) is 0 Å². The normalized spacial score (nSPS) is 16.8. The molecule has 0 amide bonds. The Kier molecular flexibility index (Phi) is 5.88. The highest BCUT2D eigenvalue weighted by Gasteiger charge is 2.34. The minimum absolute atomic E-state index is 0.150. The third-order valence-electron chi connectivity index (χ3n) is 6.33. The lowest BCUT2D eigenvalue weighted by Gasteiger charge is -2.36. The molecule has 1 fully saturated rings. The lowest BCUT2D eigenvalue weighted by atomic mass is 10.1. The van der Waals surface area contributed by atoms with Crippen LogP contribution in [0.5, 0.6) is 0 Å². The summed E-state index contributed by atoms with van der Waals surface area (Å²) < 4.78 is 32.7. The summed E-state index contributed by atoms with van der Waals surface area (Å²) in [6.45, 7) is 6.93. The molecule has 9 nitrogen and oxygen atoms in total. The number of thiophene rings is 1. The zero-order valence-corrected chi connectivity index (χ0v) is 20.7. The molecule has 1 N–H and O–H groups in total. The van der Waals surface area contributed by atoms with E-state index < -0.39 is 10.0 Å². The van der Waals surface area contributed by atoms with E-state index in [1.165, 1.54) is 15.6 Å². The first-order valence-corrected chi connectivity index (χ1v) is 13.3. The van der Waals surface area contributed by atoms with E-state index in [1.54, 1.807) is 13.8 Å². The van der Waals surface area contributed by atoms with Gasteiger partial charge < -0.3 is 9.51 Å². The molecule has 34 heavy (non-hydrogen) atoms. The first kappa shape index (κ1) is 22.9. The summed E-state index contributed by atoms with van der Waals surface area (Å²) >= 11 is 1.45. The molecular formula is C23H25N5O4S2. The second-order valence-electron chi connectivity index (χ2n) is 8.42. The molecule has 0 saturated carbocycles. The Morgan fingerprint density at radius 2 is 1.82 bits per heavy atom. The molecule has 0 aliphatic carbocycles. The fourth-order valence-corrected chi connectivity index (χ4v) is 7.14. The number of sulfonamides is 1. The van der Waals surface area contributed by atoms with E-state index in [0.717, 1.165) is 11.1 Å². The minimum Gasteiger partial charge on any atom is -0.360 e. The van der Waals surface area contributed by atoms with Crippen molar-refractivity contribution in [2.75, 3.05) is 26.2 Å². The van der Waals surface area contributed by atoms with E-state index in [9.17, 15) is 13.2 Å². The Bertz CT molecular complexity index is 1480. The standard InChI is InChI=1S/C23H25N5O4S2/c1-14-20(16(3)32-26-14)34(30,31)28-11-9-27(10-12-28)15(2)21-24-22(29)19-18(13-33-23(19)25-21)17-7-5-4-6-8-17/h4-8,13,15H,9-12H2,1-3H3,(H,24,25,29)/t15-/m0/s1. The first-order chi connectivity index (χ1) is 16.3.